The predicted octanol–water partition coefficient (Wildman–Crippen LogP) is 2.90. The Morgan fingerprint density at radius 3 is 2.50 bits per heavy atom. The maximum atomic E-state index is 12.5. The van der Waals surface area contributed by atoms with Crippen LogP contribution in [0, 0.1) is 11.3 Å². The highest BCUT2D eigenvalue weighted by atomic mass is 16.2. The van der Waals surface area contributed by atoms with Gasteiger partial charge in [0.15, 0.2) is 0 Å². The van der Waals surface area contributed by atoms with Gasteiger partial charge in [-0.15, -0.1) is 0 Å². The van der Waals surface area contributed by atoms with Crippen molar-refractivity contribution in [2.24, 2.45) is 0 Å². The molecule has 0 aromatic heterocycles. The van der Waals surface area contributed by atoms with Crippen molar-refractivity contribution in [1.82, 2.24) is 4.90 Å². The van der Waals surface area contributed by atoms with Gasteiger partial charge in [-0.1, -0.05) is 18.2 Å². The van der Waals surface area contributed by atoms with Crippen LogP contribution in [0.3, 0.4) is 0 Å². The molecule has 0 saturated heterocycles. The van der Waals surface area contributed by atoms with E-state index in [1.165, 1.54) is 0 Å². The van der Waals surface area contributed by atoms with E-state index >= 15 is 0 Å². The number of carbonyl (C=O) groups excluding carboxylic acids is 1. The molecule has 1 amide bonds. The summed E-state index contributed by atoms with van der Waals surface area (Å²) in [6.07, 6.45) is 0. The van der Waals surface area contributed by atoms with Crippen molar-refractivity contribution < 1.29 is 4.79 Å². The van der Waals surface area contributed by atoms with Crippen molar-refractivity contribution in [2.75, 3.05) is 26.0 Å². The molecule has 0 fully saturated rings. The van der Waals surface area contributed by atoms with Gasteiger partial charge in [-0.05, 0) is 35.9 Å². The van der Waals surface area contributed by atoms with Gasteiger partial charge >= 0.3 is 0 Å². The van der Waals surface area contributed by atoms with Crippen LogP contribution in [0.4, 0.5) is 5.69 Å². The second-order valence-corrected chi connectivity index (χ2v) is 5.42. The lowest BCUT2D eigenvalue weighted by molar-refractivity contribution is 0.0785. The van der Waals surface area contributed by atoms with Crippen molar-refractivity contribution in [1.29, 1.82) is 5.26 Å². The highest BCUT2D eigenvalue weighted by Crippen LogP contribution is 2.16. The van der Waals surface area contributed by atoms with Gasteiger partial charge in [-0.2, -0.15) is 5.26 Å². The summed E-state index contributed by atoms with van der Waals surface area (Å²) in [5.41, 5.74) is 3.20. The van der Waals surface area contributed by atoms with E-state index in [-0.39, 0.29) is 5.91 Å². The molecule has 2 aromatic carbocycles. The topological polar surface area (TPSA) is 47.3 Å². The second-order valence-electron chi connectivity index (χ2n) is 5.42. The minimum atomic E-state index is -0.0361. The number of nitriles is 1. The largest absolute Gasteiger partial charge is 0.378 e. The molecule has 0 saturated carbocycles. The Hall–Kier alpha value is -2.80. The standard InChI is InChI=1S/C18H19N3O/c1-20(2)17-9-5-8-16(11-17)18(22)21(3)13-15-7-4-6-14(10-15)12-19/h4-11H,13H2,1-3H3. The molecule has 2 rings (SSSR count). The smallest absolute Gasteiger partial charge is 0.253 e. The average molecular weight is 293 g/mol. The number of hydrogen-bond acceptors (Lipinski definition) is 3. The van der Waals surface area contributed by atoms with Crippen LogP contribution in [0.2, 0.25) is 0 Å². The summed E-state index contributed by atoms with van der Waals surface area (Å²) in [6.45, 7) is 0.473. The Balaban J connectivity index is 2.15. The van der Waals surface area contributed by atoms with Gasteiger partial charge in [0.05, 0.1) is 11.6 Å². The van der Waals surface area contributed by atoms with E-state index in [2.05, 4.69) is 6.07 Å². The van der Waals surface area contributed by atoms with Crippen LogP contribution in [-0.4, -0.2) is 32.0 Å². The van der Waals surface area contributed by atoms with E-state index in [4.69, 9.17) is 5.26 Å². The van der Waals surface area contributed by atoms with Gasteiger partial charge in [-0.3, -0.25) is 4.79 Å². The zero-order valence-electron chi connectivity index (χ0n) is 13.1. The summed E-state index contributed by atoms with van der Waals surface area (Å²) in [7, 11) is 5.66. The predicted molar refractivity (Wildman–Crippen MR) is 87.7 cm³/mol. The molecule has 0 N–H and O–H groups in total. The Morgan fingerprint density at radius 1 is 1.09 bits per heavy atom. The lowest BCUT2D eigenvalue weighted by Gasteiger charge is -2.19. The molecule has 0 unspecified atom stereocenters. The number of amides is 1. The number of rotatable bonds is 4. The Kier molecular flexibility index (Phi) is 4.80. The van der Waals surface area contributed by atoms with Crippen LogP contribution in [-0.2, 0) is 6.54 Å². The molecule has 0 aliphatic heterocycles. The fourth-order valence-corrected chi connectivity index (χ4v) is 2.22. The summed E-state index contributed by atoms with van der Waals surface area (Å²) in [5.74, 6) is -0.0361. The molecule has 0 heterocycles. The molecule has 2 aromatic rings. The van der Waals surface area contributed by atoms with Crippen molar-refractivity contribution >= 4 is 11.6 Å². The van der Waals surface area contributed by atoms with E-state index in [0.717, 1.165) is 11.3 Å². The molecule has 4 heteroatoms. The Bertz CT molecular complexity index is 716. The molecule has 0 spiro atoms. The molecular formula is C18H19N3O. The molecule has 4 nitrogen and oxygen atoms in total. The SMILES string of the molecule is CN(Cc1cccc(C#N)c1)C(=O)c1cccc(N(C)C)c1. The molecule has 22 heavy (non-hydrogen) atoms. The maximum Gasteiger partial charge on any atom is 0.253 e. The molecule has 112 valence electrons. The highest BCUT2D eigenvalue weighted by Gasteiger charge is 2.13. The average Bonchev–Trinajstić information content (AvgIpc) is 2.54. The Morgan fingerprint density at radius 2 is 1.82 bits per heavy atom. The van der Waals surface area contributed by atoms with Gasteiger partial charge in [0.25, 0.3) is 5.91 Å². The van der Waals surface area contributed by atoms with Crippen LogP contribution in [0.1, 0.15) is 21.5 Å². The first-order chi connectivity index (χ1) is 10.5. The molecule has 0 aliphatic rings. The summed E-state index contributed by atoms with van der Waals surface area (Å²) in [6, 6.07) is 17.0. The number of anilines is 1. The fourth-order valence-electron chi connectivity index (χ4n) is 2.22. The summed E-state index contributed by atoms with van der Waals surface area (Å²) in [5, 5.41) is 8.93. The summed E-state index contributed by atoms with van der Waals surface area (Å²) < 4.78 is 0. The highest BCUT2D eigenvalue weighted by molar-refractivity contribution is 5.95. The van der Waals surface area contributed by atoms with E-state index in [1.807, 2.05) is 55.4 Å². The van der Waals surface area contributed by atoms with Gasteiger partial charge in [-0.25, -0.2) is 0 Å². The lowest BCUT2D eigenvalue weighted by atomic mass is 10.1. The van der Waals surface area contributed by atoms with E-state index in [0.29, 0.717) is 17.7 Å². The zero-order valence-corrected chi connectivity index (χ0v) is 13.1. The molecular weight excluding hydrogens is 274 g/mol. The normalized spacial score (nSPS) is 9.91. The van der Waals surface area contributed by atoms with E-state index < -0.39 is 0 Å². The van der Waals surface area contributed by atoms with Crippen molar-refractivity contribution in [3.8, 4) is 6.07 Å². The van der Waals surface area contributed by atoms with Crippen molar-refractivity contribution in [2.45, 2.75) is 6.54 Å². The maximum absolute atomic E-state index is 12.5. The number of benzene rings is 2. The van der Waals surface area contributed by atoms with Gasteiger partial charge in [0, 0.05) is 38.9 Å². The third-order valence-electron chi connectivity index (χ3n) is 3.43. The molecule has 0 radical (unpaired) electrons. The molecule has 0 bridgehead atoms. The first-order valence-corrected chi connectivity index (χ1v) is 7.03. The minimum Gasteiger partial charge on any atom is -0.378 e. The van der Waals surface area contributed by atoms with Crippen molar-refractivity contribution in [3.63, 3.8) is 0 Å². The van der Waals surface area contributed by atoms with Gasteiger partial charge in [0.2, 0.25) is 0 Å². The summed E-state index contributed by atoms with van der Waals surface area (Å²) in [4.78, 5) is 16.1. The van der Waals surface area contributed by atoms with Crippen molar-refractivity contribution in [3.05, 3.63) is 65.2 Å². The van der Waals surface area contributed by atoms with Crippen LogP contribution < -0.4 is 4.90 Å². The minimum absolute atomic E-state index is 0.0361. The number of carbonyl (C=O) groups is 1. The van der Waals surface area contributed by atoms with Crippen LogP contribution in [0.15, 0.2) is 48.5 Å². The third kappa shape index (κ3) is 3.64. The van der Waals surface area contributed by atoms with Crippen LogP contribution in [0.5, 0.6) is 0 Å². The lowest BCUT2D eigenvalue weighted by Crippen LogP contribution is -2.26. The first kappa shape index (κ1) is 15.6. The first-order valence-electron chi connectivity index (χ1n) is 7.03. The quantitative estimate of drug-likeness (QED) is 0.871. The monoisotopic (exact) mass is 293 g/mol. The third-order valence-corrected chi connectivity index (χ3v) is 3.43. The van der Waals surface area contributed by atoms with Gasteiger partial charge < -0.3 is 9.80 Å². The zero-order chi connectivity index (χ0) is 16.1. The van der Waals surface area contributed by atoms with E-state index in [1.54, 1.807) is 24.1 Å². The molecule has 0 aliphatic carbocycles. The number of nitrogens with zero attached hydrogens (tertiary/aromatic N) is 3. The van der Waals surface area contributed by atoms with E-state index in [9.17, 15) is 4.79 Å². The van der Waals surface area contributed by atoms with Crippen LogP contribution >= 0.6 is 0 Å². The fraction of sp³-hybridized carbons (Fsp3) is 0.222. The van der Waals surface area contributed by atoms with Crippen LogP contribution in [0.25, 0.3) is 0 Å². The second kappa shape index (κ2) is 6.77. The molecule has 0 atom stereocenters. The van der Waals surface area contributed by atoms with Gasteiger partial charge in [0.1, 0.15) is 0 Å². The Labute approximate surface area is 131 Å². The summed E-state index contributed by atoms with van der Waals surface area (Å²) >= 11 is 0. The number of hydrogen-bond donors (Lipinski definition) is 0.